The van der Waals surface area contributed by atoms with Gasteiger partial charge in [0.25, 0.3) is 0 Å². The van der Waals surface area contributed by atoms with Crippen LogP contribution < -0.4 is 54.4 Å². The molecule has 328 valence electrons. The molecule has 0 aliphatic rings. The van der Waals surface area contributed by atoms with Crippen molar-refractivity contribution >= 4 is 47.4 Å². The zero-order chi connectivity index (χ0) is 43.0. The van der Waals surface area contributed by atoms with Gasteiger partial charge in [0.15, 0.2) is 11.9 Å². The fraction of sp³-hybridized carbons (Fsp3) is 0.789. The lowest BCUT2D eigenvalue weighted by molar-refractivity contribution is -0.136. The van der Waals surface area contributed by atoms with Crippen molar-refractivity contribution in [3.63, 3.8) is 0 Å². The number of primary amides is 1. The van der Waals surface area contributed by atoms with Crippen molar-refractivity contribution in [2.24, 2.45) is 17.2 Å². The van der Waals surface area contributed by atoms with Crippen LogP contribution in [-0.2, 0) is 28.8 Å². The highest BCUT2D eigenvalue weighted by molar-refractivity contribution is 5.96. The predicted molar refractivity (Wildman–Crippen MR) is 221 cm³/mol. The van der Waals surface area contributed by atoms with Crippen molar-refractivity contribution in [2.75, 3.05) is 20.1 Å². The van der Waals surface area contributed by atoms with E-state index in [0.717, 1.165) is 19.3 Å². The summed E-state index contributed by atoms with van der Waals surface area (Å²) < 4.78 is 0. The summed E-state index contributed by atoms with van der Waals surface area (Å²) in [6, 6.07) is -5.11. The van der Waals surface area contributed by atoms with Crippen molar-refractivity contribution in [1.82, 2.24) is 37.2 Å². The zero-order valence-electron chi connectivity index (χ0n) is 34.6. The number of hydrogen-bond donors (Lipinski definition) is 13. The molecule has 0 radical (unpaired) electrons. The highest BCUT2D eigenvalue weighted by Gasteiger charge is 2.33. The first kappa shape index (κ1) is 52.3. The number of nitrogens with one attached hydrogen (secondary N) is 9. The third-order valence-corrected chi connectivity index (χ3v) is 9.38. The van der Waals surface area contributed by atoms with E-state index in [1.807, 2.05) is 0 Å². The molecule has 0 aromatic rings. The number of guanidine groups is 2. The Morgan fingerprint density at radius 2 is 0.965 bits per heavy atom. The number of carbonyl (C=O) groups excluding carboxylic acids is 6. The van der Waals surface area contributed by atoms with Gasteiger partial charge >= 0.3 is 0 Å². The van der Waals surface area contributed by atoms with E-state index >= 15 is 0 Å². The highest BCUT2D eigenvalue weighted by atomic mass is 16.3. The van der Waals surface area contributed by atoms with E-state index in [9.17, 15) is 33.9 Å². The first-order chi connectivity index (χ1) is 27.1. The maximum atomic E-state index is 13.6. The fourth-order valence-electron chi connectivity index (χ4n) is 6.09. The van der Waals surface area contributed by atoms with E-state index in [1.165, 1.54) is 71.8 Å². The van der Waals surface area contributed by atoms with Gasteiger partial charge in [0.1, 0.15) is 24.2 Å². The number of aliphatic hydroxyl groups excluding tert-OH is 1. The molecule has 0 aliphatic carbocycles. The SMILES string of the molecule is CCCCCCCCCCCCCCCC(=O)N[C@@H](CCCNC(=N)N)C(=O)N[C@@H](CCC(N)=O)C(=O)N[C@H](C(=O)N[C@@H](CCCNC(=N)N)C(=O)NC)[C@@H](C)O. The number of nitrogens with two attached hydrogens (primary N) is 3. The number of hydrogen-bond acceptors (Lipinski definition) is 9. The quantitative estimate of drug-likeness (QED) is 0.0239. The van der Waals surface area contributed by atoms with Crippen molar-refractivity contribution < 1.29 is 33.9 Å². The van der Waals surface area contributed by atoms with Crippen molar-refractivity contribution in [2.45, 2.75) is 173 Å². The second-order valence-corrected chi connectivity index (χ2v) is 14.5. The maximum Gasteiger partial charge on any atom is 0.245 e. The Morgan fingerprint density at radius 3 is 1.40 bits per heavy atom. The molecular formula is C38H74N12O7. The zero-order valence-corrected chi connectivity index (χ0v) is 34.6. The lowest BCUT2D eigenvalue weighted by Crippen LogP contribution is -2.60. The molecule has 0 aromatic carbocycles. The molecule has 0 fully saturated rings. The molecule has 0 saturated heterocycles. The van der Waals surface area contributed by atoms with Crippen LogP contribution in [0.15, 0.2) is 0 Å². The molecule has 16 N–H and O–H groups in total. The van der Waals surface area contributed by atoms with E-state index < -0.39 is 59.8 Å². The lowest BCUT2D eigenvalue weighted by Gasteiger charge is -2.27. The summed E-state index contributed by atoms with van der Waals surface area (Å²) in [6.45, 7) is 3.97. The van der Waals surface area contributed by atoms with Gasteiger partial charge in [-0.3, -0.25) is 39.6 Å². The minimum atomic E-state index is -1.57. The summed E-state index contributed by atoms with van der Waals surface area (Å²) in [5, 5.41) is 43.1. The first-order valence-corrected chi connectivity index (χ1v) is 20.7. The van der Waals surface area contributed by atoms with E-state index in [1.54, 1.807) is 0 Å². The van der Waals surface area contributed by atoms with E-state index in [0.29, 0.717) is 19.3 Å². The maximum absolute atomic E-state index is 13.6. The second kappa shape index (κ2) is 32.4. The number of rotatable bonds is 34. The molecule has 0 spiro atoms. The molecule has 19 heteroatoms. The Bertz CT molecular complexity index is 1240. The third-order valence-electron chi connectivity index (χ3n) is 9.38. The van der Waals surface area contributed by atoms with Gasteiger partial charge in [0.05, 0.1) is 6.10 Å². The molecule has 0 heterocycles. The number of carbonyl (C=O) groups is 6. The van der Waals surface area contributed by atoms with Crippen LogP contribution in [0.25, 0.3) is 0 Å². The Labute approximate surface area is 338 Å². The van der Waals surface area contributed by atoms with Gasteiger partial charge in [0, 0.05) is 33.0 Å². The Balaban J connectivity index is 5.50. The standard InChI is InChI=1S/C38H74N12O7/c1-4-5-6-7-8-9-10-11-12-13-14-15-16-21-31(53)47-28(20-18-25-46-38(42)43)34(55)48-29(22-23-30(39)52)35(56)50-32(26(2)51)36(57)49-27(33(54)44-3)19-17-24-45-37(40)41/h26-29,32,51H,4-25H2,1-3H3,(H2,39,52)(H,44,54)(H,47,53)(H,48,55)(H,49,57)(H,50,56)(H4,40,41,45)(H4,42,43,46)/t26-,27+,28+,29+,32+/m1/s1. The average Bonchev–Trinajstić information content (AvgIpc) is 3.15. The molecule has 19 nitrogen and oxygen atoms in total. The predicted octanol–water partition coefficient (Wildman–Crippen LogP) is 0.326. The molecule has 5 atom stereocenters. The van der Waals surface area contributed by atoms with Crippen LogP contribution in [0.4, 0.5) is 0 Å². The molecule has 6 amide bonds. The minimum absolute atomic E-state index is 0.127. The summed E-state index contributed by atoms with van der Waals surface area (Å²) in [4.78, 5) is 77.7. The summed E-state index contributed by atoms with van der Waals surface area (Å²) in [6.07, 6.45) is 14.2. The smallest absolute Gasteiger partial charge is 0.245 e. The molecule has 57 heavy (non-hydrogen) atoms. The Hall–Kier alpha value is -4.68. The fourth-order valence-corrected chi connectivity index (χ4v) is 6.09. The number of aliphatic hydroxyl groups is 1. The Kier molecular flexibility index (Phi) is 29.7. The van der Waals surface area contributed by atoms with Crippen LogP contribution in [-0.4, -0.2) is 103 Å². The Morgan fingerprint density at radius 1 is 0.544 bits per heavy atom. The van der Waals surface area contributed by atoms with Crippen LogP contribution in [0.1, 0.15) is 142 Å². The summed E-state index contributed by atoms with van der Waals surface area (Å²) in [5.74, 6) is -4.66. The van der Waals surface area contributed by atoms with Gasteiger partial charge in [-0.1, -0.05) is 84.0 Å². The monoisotopic (exact) mass is 811 g/mol. The molecule has 0 unspecified atom stereocenters. The molecular weight excluding hydrogens is 736 g/mol. The van der Waals surface area contributed by atoms with E-state index in [-0.39, 0.29) is 63.0 Å². The van der Waals surface area contributed by atoms with Crippen LogP contribution in [0.3, 0.4) is 0 Å². The number of unbranched alkanes of at least 4 members (excludes halogenated alkanes) is 12. The largest absolute Gasteiger partial charge is 0.391 e. The van der Waals surface area contributed by atoms with E-state index in [2.05, 4.69) is 44.1 Å². The van der Waals surface area contributed by atoms with Gasteiger partial charge in [-0.25, -0.2) is 0 Å². The van der Waals surface area contributed by atoms with E-state index in [4.69, 9.17) is 28.0 Å². The first-order valence-electron chi connectivity index (χ1n) is 20.7. The molecule has 0 bridgehead atoms. The van der Waals surface area contributed by atoms with Gasteiger partial charge < -0.3 is 59.5 Å². The van der Waals surface area contributed by atoms with Crippen molar-refractivity contribution in [3.8, 4) is 0 Å². The van der Waals surface area contributed by atoms with Crippen LogP contribution in [0, 0.1) is 10.8 Å². The normalized spacial score (nSPS) is 13.5. The number of likely N-dealkylation sites (N-methyl/N-ethyl adjacent to an activating group) is 1. The van der Waals surface area contributed by atoms with Crippen LogP contribution in [0.2, 0.25) is 0 Å². The van der Waals surface area contributed by atoms with Gasteiger partial charge in [-0.15, -0.1) is 0 Å². The highest BCUT2D eigenvalue weighted by Crippen LogP contribution is 2.13. The summed E-state index contributed by atoms with van der Waals surface area (Å²) in [5.41, 5.74) is 16.0. The van der Waals surface area contributed by atoms with Crippen LogP contribution in [0.5, 0.6) is 0 Å². The molecule has 0 aliphatic heterocycles. The molecule has 0 aromatic heterocycles. The second-order valence-electron chi connectivity index (χ2n) is 14.5. The average molecular weight is 811 g/mol. The summed E-state index contributed by atoms with van der Waals surface area (Å²) >= 11 is 0. The van der Waals surface area contributed by atoms with Gasteiger partial charge in [0.2, 0.25) is 35.4 Å². The molecule has 0 rings (SSSR count). The van der Waals surface area contributed by atoms with Gasteiger partial charge in [-0.2, -0.15) is 0 Å². The summed E-state index contributed by atoms with van der Waals surface area (Å²) in [7, 11) is 1.38. The molecule has 0 saturated carbocycles. The van der Waals surface area contributed by atoms with Crippen molar-refractivity contribution in [3.05, 3.63) is 0 Å². The third kappa shape index (κ3) is 27.5. The van der Waals surface area contributed by atoms with Crippen molar-refractivity contribution in [1.29, 1.82) is 10.8 Å². The lowest BCUT2D eigenvalue weighted by atomic mass is 10.0. The van der Waals surface area contributed by atoms with Crippen LogP contribution >= 0.6 is 0 Å². The topological polar surface area (TPSA) is 333 Å². The number of amides is 6. The minimum Gasteiger partial charge on any atom is -0.391 e. The van der Waals surface area contributed by atoms with Gasteiger partial charge in [-0.05, 0) is 45.4 Å².